The molecule has 1 N–H and O–H groups in total. The molecule has 2 fully saturated rings. The van der Waals surface area contributed by atoms with Gasteiger partial charge < -0.3 is 14.7 Å². The molecule has 1 aliphatic heterocycles. The SMILES string of the molecule is COCc1cc(N2CC[C@@H](C(=O)O)C2)nc(C2CC2)n1. The Morgan fingerprint density at radius 2 is 2.25 bits per heavy atom. The van der Waals surface area contributed by atoms with Crippen molar-refractivity contribution < 1.29 is 14.6 Å². The fraction of sp³-hybridized carbons (Fsp3) is 0.643. The molecule has 2 heterocycles. The van der Waals surface area contributed by atoms with Crippen LogP contribution in [0.1, 0.15) is 36.7 Å². The molecule has 0 bridgehead atoms. The molecule has 0 amide bonds. The van der Waals surface area contributed by atoms with Crippen molar-refractivity contribution >= 4 is 11.8 Å². The highest BCUT2D eigenvalue weighted by molar-refractivity contribution is 5.71. The van der Waals surface area contributed by atoms with E-state index in [4.69, 9.17) is 9.84 Å². The molecule has 1 saturated carbocycles. The van der Waals surface area contributed by atoms with Gasteiger partial charge in [0.25, 0.3) is 0 Å². The smallest absolute Gasteiger partial charge is 0.308 e. The fourth-order valence-electron chi connectivity index (χ4n) is 2.58. The van der Waals surface area contributed by atoms with E-state index in [1.807, 2.05) is 11.0 Å². The average molecular weight is 277 g/mol. The number of hydrogen-bond donors (Lipinski definition) is 1. The second kappa shape index (κ2) is 5.36. The first kappa shape index (κ1) is 13.3. The molecule has 6 nitrogen and oxygen atoms in total. The van der Waals surface area contributed by atoms with E-state index < -0.39 is 5.97 Å². The van der Waals surface area contributed by atoms with E-state index in [1.165, 1.54) is 0 Å². The van der Waals surface area contributed by atoms with Gasteiger partial charge in [-0.2, -0.15) is 0 Å². The third kappa shape index (κ3) is 2.75. The number of carboxylic acid groups (broad SMARTS) is 1. The second-order valence-corrected chi connectivity index (χ2v) is 5.55. The number of carboxylic acids is 1. The molecule has 1 aromatic rings. The van der Waals surface area contributed by atoms with Crippen molar-refractivity contribution in [1.82, 2.24) is 9.97 Å². The quantitative estimate of drug-likeness (QED) is 0.877. The third-order valence-corrected chi connectivity index (χ3v) is 3.88. The highest BCUT2D eigenvalue weighted by Gasteiger charge is 2.31. The molecule has 0 aromatic carbocycles. The standard InChI is InChI=1S/C14H19N3O3/c1-20-8-11-6-12(16-13(15-11)9-2-3-9)17-5-4-10(7-17)14(18)19/h6,9-10H,2-5,7-8H2,1H3,(H,18,19)/t10-/m1/s1. The van der Waals surface area contributed by atoms with Crippen LogP contribution in [0.2, 0.25) is 0 Å². The summed E-state index contributed by atoms with van der Waals surface area (Å²) >= 11 is 0. The summed E-state index contributed by atoms with van der Waals surface area (Å²) in [6, 6.07) is 1.92. The molecule has 2 aliphatic rings. The lowest BCUT2D eigenvalue weighted by Crippen LogP contribution is -2.24. The Labute approximate surface area is 117 Å². The highest BCUT2D eigenvalue weighted by Crippen LogP contribution is 2.39. The molecule has 3 rings (SSSR count). The van der Waals surface area contributed by atoms with Gasteiger partial charge in [-0.15, -0.1) is 0 Å². The summed E-state index contributed by atoms with van der Waals surface area (Å²) in [5, 5.41) is 9.09. The molecule has 1 aliphatic carbocycles. The molecule has 1 saturated heterocycles. The molecular weight excluding hydrogens is 258 g/mol. The summed E-state index contributed by atoms with van der Waals surface area (Å²) < 4.78 is 5.16. The Kier molecular flexibility index (Phi) is 3.56. The molecule has 0 unspecified atom stereocenters. The fourth-order valence-corrected chi connectivity index (χ4v) is 2.58. The van der Waals surface area contributed by atoms with Gasteiger partial charge in [0, 0.05) is 32.2 Å². The van der Waals surface area contributed by atoms with Crippen LogP contribution in [0.4, 0.5) is 5.82 Å². The van der Waals surface area contributed by atoms with Crippen LogP contribution < -0.4 is 4.90 Å². The van der Waals surface area contributed by atoms with Crippen molar-refractivity contribution in [1.29, 1.82) is 0 Å². The van der Waals surface area contributed by atoms with Crippen LogP contribution in [-0.2, 0) is 16.1 Å². The summed E-state index contributed by atoms with van der Waals surface area (Å²) in [6.45, 7) is 1.73. The monoisotopic (exact) mass is 277 g/mol. The Balaban J connectivity index is 1.83. The van der Waals surface area contributed by atoms with Gasteiger partial charge in [-0.3, -0.25) is 4.79 Å². The van der Waals surface area contributed by atoms with E-state index >= 15 is 0 Å². The van der Waals surface area contributed by atoms with Gasteiger partial charge in [-0.1, -0.05) is 0 Å². The number of anilines is 1. The lowest BCUT2D eigenvalue weighted by Gasteiger charge is -2.18. The molecule has 1 atom stereocenters. The first-order valence-corrected chi connectivity index (χ1v) is 7.02. The predicted molar refractivity (Wildman–Crippen MR) is 72.7 cm³/mol. The Hall–Kier alpha value is -1.69. The van der Waals surface area contributed by atoms with Gasteiger partial charge >= 0.3 is 5.97 Å². The normalized spacial score (nSPS) is 22.2. The van der Waals surface area contributed by atoms with Crippen molar-refractivity contribution in [2.75, 3.05) is 25.1 Å². The molecule has 0 radical (unpaired) electrons. The van der Waals surface area contributed by atoms with Gasteiger partial charge in [0.05, 0.1) is 18.2 Å². The van der Waals surface area contributed by atoms with Gasteiger partial charge in [-0.05, 0) is 19.3 Å². The van der Waals surface area contributed by atoms with Crippen molar-refractivity contribution in [2.45, 2.75) is 31.8 Å². The predicted octanol–water partition coefficient (Wildman–Crippen LogP) is 1.41. The number of aliphatic carboxylic acids is 1. The zero-order valence-corrected chi connectivity index (χ0v) is 11.6. The van der Waals surface area contributed by atoms with Crippen LogP contribution in [0.15, 0.2) is 6.07 Å². The van der Waals surface area contributed by atoms with E-state index in [9.17, 15) is 4.79 Å². The molecule has 1 aromatic heterocycles. The Bertz CT molecular complexity index is 516. The molecule has 108 valence electrons. The number of methoxy groups -OCH3 is 1. The van der Waals surface area contributed by atoms with Crippen molar-refractivity contribution in [3.63, 3.8) is 0 Å². The zero-order valence-electron chi connectivity index (χ0n) is 11.6. The minimum Gasteiger partial charge on any atom is -0.481 e. The van der Waals surface area contributed by atoms with E-state index in [0.717, 1.165) is 36.7 Å². The van der Waals surface area contributed by atoms with Gasteiger partial charge in [-0.25, -0.2) is 9.97 Å². The van der Waals surface area contributed by atoms with Gasteiger partial charge in [0.1, 0.15) is 11.6 Å². The van der Waals surface area contributed by atoms with Crippen LogP contribution in [0.3, 0.4) is 0 Å². The Morgan fingerprint density at radius 3 is 2.85 bits per heavy atom. The van der Waals surface area contributed by atoms with Crippen LogP contribution in [0.25, 0.3) is 0 Å². The van der Waals surface area contributed by atoms with Crippen molar-refractivity contribution in [3.05, 3.63) is 17.6 Å². The number of carbonyl (C=O) groups is 1. The first-order valence-electron chi connectivity index (χ1n) is 7.02. The maximum absolute atomic E-state index is 11.1. The first-order chi connectivity index (χ1) is 9.67. The third-order valence-electron chi connectivity index (χ3n) is 3.88. The van der Waals surface area contributed by atoms with E-state index in [2.05, 4.69) is 9.97 Å². The van der Waals surface area contributed by atoms with Gasteiger partial charge in [0.15, 0.2) is 0 Å². The minimum absolute atomic E-state index is 0.291. The number of nitrogens with zero attached hydrogens (tertiary/aromatic N) is 3. The molecule has 20 heavy (non-hydrogen) atoms. The zero-order chi connectivity index (χ0) is 14.1. The van der Waals surface area contributed by atoms with Crippen LogP contribution in [-0.4, -0.2) is 41.2 Å². The summed E-state index contributed by atoms with van der Waals surface area (Å²) in [5.74, 6) is 1.19. The Morgan fingerprint density at radius 1 is 1.45 bits per heavy atom. The number of ether oxygens (including phenoxy) is 1. The van der Waals surface area contributed by atoms with Gasteiger partial charge in [0.2, 0.25) is 0 Å². The minimum atomic E-state index is -0.721. The maximum Gasteiger partial charge on any atom is 0.308 e. The summed E-state index contributed by atoms with van der Waals surface area (Å²) in [4.78, 5) is 22.3. The second-order valence-electron chi connectivity index (χ2n) is 5.55. The van der Waals surface area contributed by atoms with Crippen LogP contribution in [0, 0.1) is 5.92 Å². The number of rotatable bonds is 5. The summed E-state index contributed by atoms with van der Waals surface area (Å²) in [5.41, 5.74) is 0.873. The van der Waals surface area contributed by atoms with Crippen molar-refractivity contribution in [3.8, 4) is 0 Å². The van der Waals surface area contributed by atoms with Crippen molar-refractivity contribution in [2.24, 2.45) is 5.92 Å². The van der Waals surface area contributed by atoms with Crippen LogP contribution in [0.5, 0.6) is 0 Å². The van der Waals surface area contributed by atoms with E-state index in [-0.39, 0.29) is 5.92 Å². The topological polar surface area (TPSA) is 75.5 Å². The lowest BCUT2D eigenvalue weighted by atomic mass is 10.1. The average Bonchev–Trinajstić information content (AvgIpc) is 3.15. The summed E-state index contributed by atoms with van der Waals surface area (Å²) in [6.07, 6.45) is 2.97. The van der Waals surface area contributed by atoms with E-state index in [0.29, 0.717) is 25.5 Å². The van der Waals surface area contributed by atoms with E-state index in [1.54, 1.807) is 7.11 Å². The largest absolute Gasteiger partial charge is 0.481 e. The lowest BCUT2D eigenvalue weighted by molar-refractivity contribution is -0.140. The molecule has 6 heteroatoms. The number of aromatic nitrogens is 2. The highest BCUT2D eigenvalue weighted by atomic mass is 16.5. The van der Waals surface area contributed by atoms with Crippen LogP contribution >= 0.6 is 0 Å². The summed E-state index contributed by atoms with van der Waals surface area (Å²) in [7, 11) is 1.65. The molecule has 0 spiro atoms. The maximum atomic E-state index is 11.1. The molecular formula is C14H19N3O3. The number of hydrogen-bond acceptors (Lipinski definition) is 5.